The van der Waals surface area contributed by atoms with Crippen LogP contribution in [0.3, 0.4) is 0 Å². The van der Waals surface area contributed by atoms with E-state index in [1.54, 1.807) is 0 Å². The molecule has 0 fully saturated rings. The Hall–Kier alpha value is -1.81. The number of carboxylic acids is 1. The molecule has 1 aliphatic heterocycles. The summed E-state index contributed by atoms with van der Waals surface area (Å²) in [7, 11) is 0. The lowest BCUT2D eigenvalue weighted by Crippen LogP contribution is -2.25. The van der Waals surface area contributed by atoms with Crippen molar-refractivity contribution in [2.45, 2.75) is 12.3 Å². The standard InChI is InChI=1S/C13H14N2O2/c16-13(17)10-7-14-6-5-9-8-3-1-2-4-11(8)15-12(9)10/h1-4,10,14-15H,5-7H2,(H,16,17). The third-order valence-electron chi connectivity index (χ3n) is 3.39. The normalized spacial score (nSPS) is 19.9. The first-order chi connectivity index (χ1) is 8.27. The largest absolute Gasteiger partial charge is 0.481 e. The van der Waals surface area contributed by atoms with E-state index in [0.29, 0.717) is 6.54 Å². The number of H-pyrrole nitrogens is 1. The maximum Gasteiger partial charge on any atom is 0.313 e. The minimum atomic E-state index is -0.771. The van der Waals surface area contributed by atoms with Crippen LogP contribution in [-0.2, 0) is 11.2 Å². The van der Waals surface area contributed by atoms with Crippen LogP contribution in [-0.4, -0.2) is 29.1 Å². The number of benzene rings is 1. The number of nitrogens with one attached hydrogen (secondary N) is 2. The highest BCUT2D eigenvalue weighted by molar-refractivity contribution is 5.88. The van der Waals surface area contributed by atoms with Crippen LogP contribution in [0, 0.1) is 0 Å². The van der Waals surface area contributed by atoms with Gasteiger partial charge in [-0.15, -0.1) is 0 Å². The van der Waals surface area contributed by atoms with Gasteiger partial charge in [0.15, 0.2) is 0 Å². The van der Waals surface area contributed by atoms with E-state index in [-0.39, 0.29) is 0 Å². The third kappa shape index (κ3) is 1.61. The van der Waals surface area contributed by atoms with Crippen LogP contribution in [0.4, 0.5) is 0 Å². The number of aromatic amines is 1. The molecule has 1 atom stereocenters. The Labute approximate surface area is 98.6 Å². The van der Waals surface area contributed by atoms with E-state index in [1.807, 2.05) is 18.2 Å². The Morgan fingerprint density at radius 1 is 1.35 bits per heavy atom. The number of hydrogen-bond acceptors (Lipinski definition) is 2. The molecule has 1 aromatic heterocycles. The highest BCUT2D eigenvalue weighted by atomic mass is 16.4. The third-order valence-corrected chi connectivity index (χ3v) is 3.39. The fourth-order valence-corrected chi connectivity index (χ4v) is 2.56. The van der Waals surface area contributed by atoms with Gasteiger partial charge in [0.25, 0.3) is 0 Å². The number of hydrogen-bond donors (Lipinski definition) is 3. The quantitative estimate of drug-likeness (QED) is 0.695. The molecule has 1 aliphatic rings. The second-order valence-corrected chi connectivity index (χ2v) is 4.41. The minimum Gasteiger partial charge on any atom is -0.481 e. The molecule has 3 rings (SSSR count). The second kappa shape index (κ2) is 3.89. The van der Waals surface area contributed by atoms with Crippen molar-refractivity contribution in [2.24, 2.45) is 0 Å². The summed E-state index contributed by atoms with van der Waals surface area (Å²) < 4.78 is 0. The molecule has 2 aromatic rings. The van der Waals surface area contributed by atoms with E-state index in [1.165, 1.54) is 0 Å². The monoisotopic (exact) mass is 230 g/mol. The average molecular weight is 230 g/mol. The van der Waals surface area contributed by atoms with Gasteiger partial charge in [0.1, 0.15) is 5.92 Å². The van der Waals surface area contributed by atoms with Crippen molar-refractivity contribution in [3.8, 4) is 0 Å². The van der Waals surface area contributed by atoms with Gasteiger partial charge in [-0.05, 0) is 24.6 Å². The van der Waals surface area contributed by atoms with E-state index < -0.39 is 11.9 Å². The molecular formula is C13H14N2O2. The lowest BCUT2D eigenvalue weighted by atomic mass is 10.00. The first kappa shape index (κ1) is 10.4. The van der Waals surface area contributed by atoms with Gasteiger partial charge in [0.2, 0.25) is 0 Å². The van der Waals surface area contributed by atoms with Gasteiger partial charge >= 0.3 is 5.97 Å². The van der Waals surface area contributed by atoms with Crippen molar-refractivity contribution in [1.82, 2.24) is 10.3 Å². The van der Waals surface area contributed by atoms with Gasteiger partial charge in [0, 0.05) is 23.1 Å². The molecule has 1 aromatic carbocycles. The second-order valence-electron chi connectivity index (χ2n) is 4.41. The summed E-state index contributed by atoms with van der Waals surface area (Å²) in [6.07, 6.45) is 0.878. The number of aliphatic carboxylic acids is 1. The molecule has 4 heteroatoms. The Kier molecular flexibility index (Phi) is 2.37. The molecule has 0 saturated carbocycles. The maximum atomic E-state index is 11.3. The SMILES string of the molecule is O=C(O)C1CNCCc2c1[nH]c1ccccc21. The zero-order chi connectivity index (χ0) is 11.8. The fraction of sp³-hybridized carbons (Fsp3) is 0.308. The first-order valence-corrected chi connectivity index (χ1v) is 5.80. The number of carbonyl (C=O) groups is 1. The molecule has 0 spiro atoms. The summed E-state index contributed by atoms with van der Waals surface area (Å²) in [4.78, 5) is 14.6. The van der Waals surface area contributed by atoms with Gasteiger partial charge in [-0.3, -0.25) is 4.79 Å². The van der Waals surface area contributed by atoms with Crippen LogP contribution in [0.25, 0.3) is 10.9 Å². The predicted molar refractivity (Wildman–Crippen MR) is 65.2 cm³/mol. The number of para-hydroxylation sites is 1. The van der Waals surface area contributed by atoms with Gasteiger partial charge in [-0.2, -0.15) is 0 Å². The zero-order valence-corrected chi connectivity index (χ0v) is 9.36. The highest BCUT2D eigenvalue weighted by Gasteiger charge is 2.27. The van der Waals surface area contributed by atoms with Crippen LogP contribution in [0.15, 0.2) is 24.3 Å². The fourth-order valence-electron chi connectivity index (χ4n) is 2.56. The lowest BCUT2D eigenvalue weighted by Gasteiger charge is -2.09. The number of carboxylic acid groups (broad SMARTS) is 1. The lowest BCUT2D eigenvalue weighted by molar-refractivity contribution is -0.138. The molecule has 0 amide bonds. The van der Waals surface area contributed by atoms with E-state index in [0.717, 1.165) is 35.1 Å². The Balaban J connectivity index is 2.23. The van der Waals surface area contributed by atoms with E-state index in [2.05, 4.69) is 16.4 Å². The van der Waals surface area contributed by atoms with E-state index in [9.17, 15) is 9.90 Å². The van der Waals surface area contributed by atoms with Gasteiger partial charge in [-0.1, -0.05) is 18.2 Å². The molecule has 1 unspecified atom stereocenters. The smallest absolute Gasteiger partial charge is 0.313 e. The molecule has 0 bridgehead atoms. The average Bonchev–Trinajstić information content (AvgIpc) is 2.54. The van der Waals surface area contributed by atoms with Gasteiger partial charge in [-0.25, -0.2) is 0 Å². The number of fused-ring (bicyclic) bond motifs is 3. The Bertz CT molecular complexity index is 574. The van der Waals surface area contributed by atoms with Crippen molar-refractivity contribution in [1.29, 1.82) is 0 Å². The van der Waals surface area contributed by atoms with Crippen molar-refractivity contribution >= 4 is 16.9 Å². The summed E-state index contributed by atoms with van der Waals surface area (Å²) in [6.45, 7) is 1.33. The van der Waals surface area contributed by atoms with Crippen LogP contribution in [0.1, 0.15) is 17.2 Å². The molecule has 0 radical (unpaired) electrons. The van der Waals surface area contributed by atoms with Crippen LogP contribution in [0.2, 0.25) is 0 Å². The Morgan fingerprint density at radius 2 is 2.18 bits per heavy atom. The molecular weight excluding hydrogens is 216 g/mol. The molecule has 3 N–H and O–H groups in total. The molecule has 0 saturated heterocycles. The summed E-state index contributed by atoms with van der Waals surface area (Å²) in [6, 6.07) is 8.00. The van der Waals surface area contributed by atoms with E-state index >= 15 is 0 Å². The molecule has 2 heterocycles. The maximum absolute atomic E-state index is 11.3. The summed E-state index contributed by atoms with van der Waals surface area (Å²) in [5.41, 5.74) is 3.05. The summed E-state index contributed by atoms with van der Waals surface area (Å²) in [5, 5.41) is 13.6. The number of rotatable bonds is 1. The van der Waals surface area contributed by atoms with Crippen molar-refractivity contribution < 1.29 is 9.90 Å². The Morgan fingerprint density at radius 3 is 3.00 bits per heavy atom. The van der Waals surface area contributed by atoms with Crippen LogP contribution in [0.5, 0.6) is 0 Å². The van der Waals surface area contributed by atoms with Crippen molar-refractivity contribution in [3.63, 3.8) is 0 Å². The molecule has 17 heavy (non-hydrogen) atoms. The van der Waals surface area contributed by atoms with Crippen molar-refractivity contribution in [2.75, 3.05) is 13.1 Å². The van der Waals surface area contributed by atoms with Crippen LogP contribution >= 0.6 is 0 Å². The first-order valence-electron chi connectivity index (χ1n) is 5.80. The minimum absolute atomic E-state index is 0.472. The predicted octanol–water partition coefficient (Wildman–Crippen LogP) is 1.48. The van der Waals surface area contributed by atoms with E-state index in [4.69, 9.17) is 0 Å². The summed E-state index contributed by atoms with van der Waals surface area (Å²) in [5.74, 6) is -1.24. The topological polar surface area (TPSA) is 65.1 Å². The van der Waals surface area contributed by atoms with Crippen molar-refractivity contribution in [3.05, 3.63) is 35.5 Å². The number of aromatic nitrogens is 1. The molecule has 88 valence electrons. The van der Waals surface area contributed by atoms with Crippen LogP contribution < -0.4 is 5.32 Å². The molecule has 4 nitrogen and oxygen atoms in total. The molecule has 0 aliphatic carbocycles. The summed E-state index contributed by atoms with van der Waals surface area (Å²) >= 11 is 0. The van der Waals surface area contributed by atoms with Gasteiger partial charge < -0.3 is 15.4 Å². The van der Waals surface area contributed by atoms with Gasteiger partial charge in [0.05, 0.1) is 0 Å². The highest BCUT2D eigenvalue weighted by Crippen LogP contribution is 2.29. The zero-order valence-electron chi connectivity index (χ0n) is 9.36.